The number of ether oxygens (including phenoxy) is 1. The number of esters is 1. The lowest BCUT2D eigenvalue weighted by Crippen LogP contribution is -2.20. The number of benzene rings is 1. The predicted molar refractivity (Wildman–Crippen MR) is 81.7 cm³/mol. The zero-order chi connectivity index (χ0) is 15.5. The molecule has 1 amide bonds. The van der Waals surface area contributed by atoms with E-state index in [1.165, 1.54) is 40.0 Å². The summed E-state index contributed by atoms with van der Waals surface area (Å²) in [4.78, 5) is 25.4. The van der Waals surface area contributed by atoms with Crippen molar-refractivity contribution in [3.05, 3.63) is 51.5 Å². The molecule has 0 fully saturated rings. The summed E-state index contributed by atoms with van der Waals surface area (Å²) in [6.07, 6.45) is 3.14. The fourth-order valence-corrected chi connectivity index (χ4v) is 3.54. The van der Waals surface area contributed by atoms with Crippen LogP contribution >= 0.6 is 11.3 Å². The third-order valence-electron chi connectivity index (χ3n) is 3.39. The molecule has 0 bridgehead atoms. The van der Waals surface area contributed by atoms with Gasteiger partial charge in [-0.05, 0) is 49.1 Å². The highest BCUT2D eigenvalue weighted by Crippen LogP contribution is 2.30. The maximum atomic E-state index is 13.0. The highest BCUT2D eigenvalue weighted by molar-refractivity contribution is 7.14. The lowest BCUT2D eigenvalue weighted by Gasteiger charge is -2.06. The predicted octanol–water partition coefficient (Wildman–Crippen LogP) is 3.17. The Morgan fingerprint density at radius 3 is 2.91 bits per heavy atom. The van der Waals surface area contributed by atoms with E-state index in [9.17, 15) is 14.0 Å². The quantitative estimate of drug-likeness (QED) is 0.881. The Hall–Kier alpha value is -2.21. The molecule has 1 aliphatic rings. The van der Waals surface area contributed by atoms with Gasteiger partial charge in [-0.15, -0.1) is 11.3 Å². The second kappa shape index (κ2) is 6.27. The largest absolute Gasteiger partial charge is 0.451 e. The Bertz CT molecular complexity index is 704. The zero-order valence-electron chi connectivity index (χ0n) is 11.7. The summed E-state index contributed by atoms with van der Waals surface area (Å²) < 4.78 is 18.0. The van der Waals surface area contributed by atoms with Gasteiger partial charge >= 0.3 is 5.97 Å². The minimum Gasteiger partial charge on any atom is -0.451 e. The van der Waals surface area contributed by atoms with Gasteiger partial charge in [0.2, 0.25) is 0 Å². The van der Waals surface area contributed by atoms with Crippen LogP contribution in [0.2, 0.25) is 0 Å². The van der Waals surface area contributed by atoms with Crippen LogP contribution in [0.15, 0.2) is 30.3 Å². The van der Waals surface area contributed by atoms with Gasteiger partial charge in [0.25, 0.3) is 5.91 Å². The summed E-state index contributed by atoms with van der Waals surface area (Å²) >= 11 is 1.43. The van der Waals surface area contributed by atoms with E-state index < -0.39 is 24.3 Å². The molecule has 1 aromatic heterocycles. The second-order valence-corrected chi connectivity index (χ2v) is 6.18. The molecule has 0 spiro atoms. The average molecular weight is 319 g/mol. The minimum absolute atomic E-state index is 0.330. The number of aryl methyl sites for hydroxylation is 2. The molecule has 0 aliphatic heterocycles. The van der Waals surface area contributed by atoms with Gasteiger partial charge < -0.3 is 10.1 Å². The van der Waals surface area contributed by atoms with Crippen LogP contribution in [0.25, 0.3) is 0 Å². The van der Waals surface area contributed by atoms with Gasteiger partial charge in [0, 0.05) is 10.6 Å². The van der Waals surface area contributed by atoms with Crippen LogP contribution in [0, 0.1) is 5.82 Å². The molecule has 22 heavy (non-hydrogen) atoms. The first-order valence-corrected chi connectivity index (χ1v) is 7.77. The Kier molecular flexibility index (Phi) is 4.20. The van der Waals surface area contributed by atoms with Crippen LogP contribution < -0.4 is 5.32 Å². The van der Waals surface area contributed by atoms with Crippen LogP contribution in [-0.2, 0) is 22.4 Å². The molecular weight excluding hydrogens is 305 g/mol. The van der Waals surface area contributed by atoms with Gasteiger partial charge in [0.05, 0.1) is 0 Å². The summed E-state index contributed by atoms with van der Waals surface area (Å²) in [5.74, 6) is -1.43. The molecule has 0 saturated carbocycles. The lowest BCUT2D eigenvalue weighted by atomic mass is 10.2. The third-order valence-corrected chi connectivity index (χ3v) is 4.61. The van der Waals surface area contributed by atoms with E-state index in [1.54, 1.807) is 6.07 Å². The van der Waals surface area contributed by atoms with Crippen LogP contribution in [0.5, 0.6) is 0 Å². The number of thiophene rings is 1. The van der Waals surface area contributed by atoms with Crippen molar-refractivity contribution in [1.82, 2.24) is 0 Å². The van der Waals surface area contributed by atoms with E-state index in [2.05, 4.69) is 5.32 Å². The molecule has 2 aromatic rings. The SMILES string of the molecule is O=C(COC(=O)c1cc2c(s1)CCC2)Nc1cccc(F)c1. The Morgan fingerprint density at radius 2 is 2.14 bits per heavy atom. The van der Waals surface area contributed by atoms with Gasteiger partial charge in [0.1, 0.15) is 10.7 Å². The van der Waals surface area contributed by atoms with E-state index in [1.807, 2.05) is 6.07 Å². The summed E-state index contributed by atoms with van der Waals surface area (Å²) in [7, 11) is 0. The molecule has 1 N–H and O–H groups in total. The molecule has 6 heteroatoms. The number of hydrogen-bond acceptors (Lipinski definition) is 4. The maximum Gasteiger partial charge on any atom is 0.348 e. The third kappa shape index (κ3) is 3.33. The highest BCUT2D eigenvalue weighted by Gasteiger charge is 2.19. The number of carbonyl (C=O) groups is 2. The number of halogens is 1. The zero-order valence-corrected chi connectivity index (χ0v) is 12.5. The smallest absolute Gasteiger partial charge is 0.348 e. The van der Waals surface area contributed by atoms with E-state index in [0.29, 0.717) is 10.6 Å². The second-order valence-electron chi connectivity index (χ2n) is 5.05. The van der Waals surface area contributed by atoms with Crippen molar-refractivity contribution in [3.63, 3.8) is 0 Å². The summed E-state index contributed by atoms with van der Waals surface area (Å²) in [6.45, 7) is -0.391. The summed E-state index contributed by atoms with van der Waals surface area (Å²) in [5.41, 5.74) is 1.54. The van der Waals surface area contributed by atoms with Crippen molar-refractivity contribution in [1.29, 1.82) is 0 Å². The molecule has 0 radical (unpaired) electrons. The van der Waals surface area contributed by atoms with Gasteiger partial charge in [-0.2, -0.15) is 0 Å². The van der Waals surface area contributed by atoms with E-state index >= 15 is 0 Å². The molecule has 4 nitrogen and oxygen atoms in total. The maximum absolute atomic E-state index is 13.0. The normalized spacial score (nSPS) is 12.8. The number of fused-ring (bicyclic) bond motifs is 1. The topological polar surface area (TPSA) is 55.4 Å². The average Bonchev–Trinajstić information content (AvgIpc) is 3.06. The van der Waals surface area contributed by atoms with Crippen LogP contribution in [0.4, 0.5) is 10.1 Å². The number of amides is 1. The first-order chi connectivity index (χ1) is 10.6. The molecule has 0 unspecified atom stereocenters. The first kappa shape index (κ1) is 14.7. The standard InChI is InChI=1S/C16H14FNO3S/c17-11-4-2-5-12(8-11)18-15(19)9-21-16(20)14-7-10-3-1-6-13(10)22-14/h2,4-5,7-8H,1,3,6,9H2,(H,18,19). The number of rotatable bonds is 4. The van der Waals surface area contributed by atoms with Crippen LogP contribution in [-0.4, -0.2) is 18.5 Å². The number of anilines is 1. The molecule has 1 aliphatic carbocycles. The molecule has 3 rings (SSSR count). The summed E-state index contributed by atoms with van der Waals surface area (Å²) in [5, 5.41) is 2.48. The van der Waals surface area contributed by atoms with Crippen molar-refractivity contribution in [3.8, 4) is 0 Å². The van der Waals surface area contributed by atoms with E-state index in [0.717, 1.165) is 19.3 Å². The monoisotopic (exact) mass is 319 g/mol. The Labute approximate surface area is 130 Å². The van der Waals surface area contributed by atoms with Crippen molar-refractivity contribution in [2.24, 2.45) is 0 Å². The van der Waals surface area contributed by atoms with Gasteiger partial charge in [0.15, 0.2) is 6.61 Å². The van der Waals surface area contributed by atoms with Crippen molar-refractivity contribution >= 4 is 28.9 Å². The molecule has 1 aromatic carbocycles. The molecule has 0 saturated heterocycles. The van der Waals surface area contributed by atoms with Crippen molar-refractivity contribution in [2.45, 2.75) is 19.3 Å². The van der Waals surface area contributed by atoms with Crippen molar-refractivity contribution in [2.75, 3.05) is 11.9 Å². The Balaban J connectivity index is 1.53. The van der Waals surface area contributed by atoms with Crippen molar-refractivity contribution < 1.29 is 18.7 Å². The Morgan fingerprint density at radius 1 is 1.27 bits per heavy atom. The fourth-order valence-electron chi connectivity index (χ4n) is 2.40. The fraction of sp³-hybridized carbons (Fsp3) is 0.250. The van der Waals surface area contributed by atoms with Crippen LogP contribution in [0.3, 0.4) is 0 Å². The summed E-state index contributed by atoms with van der Waals surface area (Å²) in [6, 6.07) is 7.38. The van der Waals surface area contributed by atoms with Gasteiger partial charge in [-0.3, -0.25) is 4.79 Å². The van der Waals surface area contributed by atoms with E-state index in [-0.39, 0.29) is 0 Å². The number of hydrogen-bond donors (Lipinski definition) is 1. The highest BCUT2D eigenvalue weighted by atomic mass is 32.1. The molecule has 1 heterocycles. The van der Waals surface area contributed by atoms with E-state index in [4.69, 9.17) is 4.74 Å². The van der Waals surface area contributed by atoms with Gasteiger partial charge in [-0.1, -0.05) is 6.07 Å². The number of nitrogens with one attached hydrogen (secondary N) is 1. The lowest BCUT2D eigenvalue weighted by molar-refractivity contribution is -0.119. The first-order valence-electron chi connectivity index (χ1n) is 6.96. The van der Waals surface area contributed by atoms with Gasteiger partial charge in [-0.25, -0.2) is 9.18 Å². The number of carbonyl (C=O) groups excluding carboxylic acids is 2. The molecule has 0 atom stereocenters. The minimum atomic E-state index is -0.497. The molecular formula is C16H14FNO3S. The molecule has 114 valence electrons. The van der Waals surface area contributed by atoms with Crippen LogP contribution in [0.1, 0.15) is 26.5 Å².